The van der Waals surface area contributed by atoms with E-state index in [0.717, 1.165) is 25.7 Å². The van der Waals surface area contributed by atoms with Crippen LogP contribution in [0.25, 0.3) is 0 Å². The molecule has 0 radical (unpaired) electrons. The van der Waals surface area contributed by atoms with Crippen molar-refractivity contribution in [3.8, 4) is 0 Å². The molecule has 0 aliphatic heterocycles. The molecule has 0 heterocycles. The minimum Gasteiger partial charge on any atom is -0.395 e. The quantitative estimate of drug-likeness (QED) is 0.648. The number of aliphatic hydroxyl groups excluding tert-OH is 1. The lowest BCUT2D eigenvalue weighted by Crippen LogP contribution is -2.48. The van der Waals surface area contributed by atoms with Gasteiger partial charge in [0.25, 0.3) is 0 Å². The van der Waals surface area contributed by atoms with Crippen LogP contribution in [-0.2, 0) is 0 Å². The summed E-state index contributed by atoms with van der Waals surface area (Å²) in [5.74, 6) is 0. The number of aliphatic hydroxyl groups is 1. The van der Waals surface area contributed by atoms with Gasteiger partial charge in [0.1, 0.15) is 0 Å². The minimum absolute atomic E-state index is 0.257. The van der Waals surface area contributed by atoms with Crippen molar-refractivity contribution in [2.45, 2.75) is 59.0 Å². The lowest BCUT2D eigenvalue weighted by atomic mass is 9.84. The van der Waals surface area contributed by atoms with Gasteiger partial charge in [-0.3, -0.25) is 4.90 Å². The summed E-state index contributed by atoms with van der Waals surface area (Å²) in [5, 5.41) is 12.7. The van der Waals surface area contributed by atoms with E-state index in [0.29, 0.717) is 6.04 Å². The smallest absolute Gasteiger partial charge is 0.0558 e. The van der Waals surface area contributed by atoms with Crippen LogP contribution in [0.2, 0.25) is 0 Å². The fourth-order valence-corrected chi connectivity index (χ4v) is 2.26. The summed E-state index contributed by atoms with van der Waals surface area (Å²) in [4.78, 5) is 2.46. The van der Waals surface area contributed by atoms with Gasteiger partial charge in [0, 0.05) is 25.2 Å². The molecule has 1 aliphatic rings. The molecular weight excluding hydrogens is 212 g/mol. The molecule has 0 aromatic heterocycles. The maximum Gasteiger partial charge on any atom is 0.0558 e. The highest BCUT2D eigenvalue weighted by Crippen LogP contribution is 2.31. The van der Waals surface area contributed by atoms with Crippen molar-refractivity contribution in [1.29, 1.82) is 0 Å². The van der Waals surface area contributed by atoms with Crippen LogP contribution in [-0.4, -0.2) is 48.3 Å². The van der Waals surface area contributed by atoms with E-state index in [1.807, 2.05) is 0 Å². The Morgan fingerprint density at radius 2 is 2.06 bits per heavy atom. The Morgan fingerprint density at radius 1 is 1.41 bits per heavy atom. The number of nitrogens with one attached hydrogen (secondary N) is 1. The lowest BCUT2D eigenvalue weighted by Gasteiger charge is -2.37. The summed E-state index contributed by atoms with van der Waals surface area (Å²) < 4.78 is 0. The van der Waals surface area contributed by atoms with E-state index in [1.165, 1.54) is 19.3 Å². The van der Waals surface area contributed by atoms with Crippen LogP contribution in [0.3, 0.4) is 0 Å². The van der Waals surface area contributed by atoms with Crippen molar-refractivity contribution in [2.75, 3.05) is 26.2 Å². The zero-order chi connectivity index (χ0) is 12.9. The van der Waals surface area contributed by atoms with Crippen LogP contribution in [0.15, 0.2) is 0 Å². The molecule has 0 saturated heterocycles. The molecule has 0 bridgehead atoms. The number of nitrogens with zero attached hydrogens (tertiary/aromatic N) is 1. The van der Waals surface area contributed by atoms with Crippen molar-refractivity contribution in [3.63, 3.8) is 0 Å². The normalized spacial score (nSPS) is 18.7. The van der Waals surface area contributed by atoms with Gasteiger partial charge in [-0.15, -0.1) is 0 Å². The lowest BCUT2D eigenvalue weighted by molar-refractivity contribution is 0.114. The highest BCUT2D eigenvalue weighted by Gasteiger charge is 2.34. The van der Waals surface area contributed by atoms with Gasteiger partial charge >= 0.3 is 0 Å². The van der Waals surface area contributed by atoms with Crippen LogP contribution in [0.1, 0.15) is 47.0 Å². The first-order valence-electron chi connectivity index (χ1n) is 7.09. The predicted octanol–water partition coefficient (Wildman–Crippen LogP) is 1.86. The largest absolute Gasteiger partial charge is 0.395 e. The molecule has 2 N–H and O–H groups in total. The first kappa shape index (κ1) is 14.9. The molecular formula is C14H30N2O. The van der Waals surface area contributed by atoms with E-state index < -0.39 is 0 Å². The van der Waals surface area contributed by atoms with Crippen LogP contribution in [0, 0.1) is 5.41 Å². The molecule has 1 unspecified atom stereocenters. The first-order chi connectivity index (χ1) is 8.01. The summed E-state index contributed by atoms with van der Waals surface area (Å²) in [6, 6.07) is 1.25. The van der Waals surface area contributed by atoms with Crippen molar-refractivity contribution in [3.05, 3.63) is 0 Å². The second-order valence-corrected chi connectivity index (χ2v) is 6.09. The molecule has 1 fully saturated rings. The Hall–Kier alpha value is -0.120. The third-order valence-electron chi connectivity index (χ3n) is 3.93. The van der Waals surface area contributed by atoms with E-state index in [4.69, 9.17) is 5.11 Å². The maximum absolute atomic E-state index is 9.13. The van der Waals surface area contributed by atoms with Gasteiger partial charge in [0.05, 0.1) is 6.61 Å². The fraction of sp³-hybridized carbons (Fsp3) is 1.00. The second-order valence-electron chi connectivity index (χ2n) is 6.09. The van der Waals surface area contributed by atoms with Gasteiger partial charge in [-0.25, -0.2) is 0 Å². The van der Waals surface area contributed by atoms with Gasteiger partial charge in [-0.2, -0.15) is 0 Å². The molecule has 1 aliphatic carbocycles. The molecule has 1 saturated carbocycles. The molecule has 1 rings (SSSR count). The first-order valence-corrected chi connectivity index (χ1v) is 7.09. The summed E-state index contributed by atoms with van der Waals surface area (Å²) in [6.45, 7) is 12.4. The Kier molecular flexibility index (Phi) is 5.90. The van der Waals surface area contributed by atoms with Crippen molar-refractivity contribution < 1.29 is 5.11 Å². The third kappa shape index (κ3) is 4.94. The van der Waals surface area contributed by atoms with Crippen LogP contribution >= 0.6 is 0 Å². The van der Waals surface area contributed by atoms with Gasteiger partial charge in [0.2, 0.25) is 0 Å². The summed E-state index contributed by atoms with van der Waals surface area (Å²) in [6.07, 6.45) is 3.81. The average Bonchev–Trinajstić information content (AvgIpc) is 3.08. The van der Waals surface area contributed by atoms with E-state index in [2.05, 4.69) is 37.9 Å². The van der Waals surface area contributed by atoms with Gasteiger partial charge in [-0.1, -0.05) is 20.8 Å². The molecule has 0 amide bonds. The molecule has 17 heavy (non-hydrogen) atoms. The number of hydrogen-bond donors (Lipinski definition) is 2. The molecule has 102 valence electrons. The maximum atomic E-state index is 9.13. The summed E-state index contributed by atoms with van der Waals surface area (Å²) in [7, 11) is 0. The molecule has 0 spiro atoms. The zero-order valence-electron chi connectivity index (χ0n) is 12.0. The Labute approximate surface area is 107 Å². The molecule has 3 nitrogen and oxygen atoms in total. The minimum atomic E-state index is 0.257. The van der Waals surface area contributed by atoms with E-state index in [-0.39, 0.29) is 12.0 Å². The highest BCUT2D eigenvalue weighted by molar-refractivity contribution is 4.90. The van der Waals surface area contributed by atoms with E-state index >= 15 is 0 Å². The average molecular weight is 242 g/mol. The van der Waals surface area contributed by atoms with Crippen LogP contribution in [0.4, 0.5) is 0 Å². The molecule has 0 aromatic rings. The Balaban J connectivity index is 2.43. The van der Waals surface area contributed by atoms with Crippen molar-refractivity contribution in [1.82, 2.24) is 10.2 Å². The highest BCUT2D eigenvalue weighted by atomic mass is 16.3. The molecule has 0 aromatic carbocycles. The van der Waals surface area contributed by atoms with Crippen molar-refractivity contribution >= 4 is 0 Å². The molecule has 1 atom stereocenters. The van der Waals surface area contributed by atoms with E-state index in [9.17, 15) is 0 Å². The van der Waals surface area contributed by atoms with Crippen molar-refractivity contribution in [2.24, 2.45) is 5.41 Å². The zero-order valence-corrected chi connectivity index (χ0v) is 12.0. The SMILES string of the molecule is CCCNC(C)C(C)(C)CN(CCO)C1CC1. The van der Waals surface area contributed by atoms with Crippen LogP contribution in [0.5, 0.6) is 0 Å². The standard InChI is InChI=1S/C14H30N2O/c1-5-8-15-12(2)14(3,4)11-16(9-10-17)13-6-7-13/h12-13,15,17H,5-11H2,1-4H3. The molecule has 3 heteroatoms. The van der Waals surface area contributed by atoms with E-state index in [1.54, 1.807) is 0 Å². The third-order valence-corrected chi connectivity index (χ3v) is 3.93. The fourth-order valence-electron chi connectivity index (χ4n) is 2.26. The second kappa shape index (κ2) is 6.72. The Bertz CT molecular complexity index is 214. The Morgan fingerprint density at radius 3 is 2.53 bits per heavy atom. The van der Waals surface area contributed by atoms with Crippen LogP contribution < -0.4 is 5.32 Å². The van der Waals surface area contributed by atoms with Gasteiger partial charge in [0.15, 0.2) is 0 Å². The number of rotatable bonds is 9. The number of hydrogen-bond acceptors (Lipinski definition) is 3. The summed E-state index contributed by atoms with van der Waals surface area (Å²) >= 11 is 0. The monoisotopic (exact) mass is 242 g/mol. The topological polar surface area (TPSA) is 35.5 Å². The van der Waals surface area contributed by atoms with Gasteiger partial charge in [-0.05, 0) is 38.1 Å². The summed E-state index contributed by atoms with van der Waals surface area (Å²) in [5.41, 5.74) is 0.257. The van der Waals surface area contributed by atoms with Gasteiger partial charge < -0.3 is 10.4 Å². The predicted molar refractivity (Wildman–Crippen MR) is 73.2 cm³/mol.